The van der Waals surface area contributed by atoms with Gasteiger partial charge in [0.2, 0.25) is 0 Å². The van der Waals surface area contributed by atoms with Crippen molar-refractivity contribution in [2.75, 3.05) is 5.75 Å². The largest absolute Gasteiger partial charge is 0.338 e. The summed E-state index contributed by atoms with van der Waals surface area (Å²) in [7, 11) is 0. The van der Waals surface area contributed by atoms with E-state index in [4.69, 9.17) is 0 Å². The number of thioether (sulfide) groups is 1. The predicted molar refractivity (Wildman–Crippen MR) is 77.3 cm³/mol. The van der Waals surface area contributed by atoms with Gasteiger partial charge in [-0.1, -0.05) is 18.2 Å². The zero-order chi connectivity index (χ0) is 13.5. The summed E-state index contributed by atoms with van der Waals surface area (Å²) in [5.41, 5.74) is 0.438. The van der Waals surface area contributed by atoms with Gasteiger partial charge in [-0.3, -0.25) is 15.1 Å². The molecule has 1 aromatic carbocycles. The lowest BCUT2D eigenvalue weighted by Crippen LogP contribution is -2.46. The smallest absolute Gasteiger partial charge is 0.257 e. The van der Waals surface area contributed by atoms with Gasteiger partial charge < -0.3 is 5.32 Å². The molecule has 19 heavy (non-hydrogen) atoms. The monoisotopic (exact) mass is 275 g/mol. The lowest BCUT2D eigenvalue weighted by atomic mass is 9.87. The molecule has 0 saturated carbocycles. The molecule has 2 aliphatic rings. The number of fused-ring (bicyclic) bond motifs is 2. The average molecular weight is 275 g/mol. The third kappa shape index (κ3) is 2.02. The van der Waals surface area contributed by atoms with E-state index >= 15 is 0 Å². The molecule has 1 amide bonds. The number of nitrogens with zero attached hydrogens (tertiary/aromatic N) is 1. The normalized spacial score (nSPS) is 27.5. The van der Waals surface area contributed by atoms with Gasteiger partial charge in [0, 0.05) is 22.3 Å². The SMILES string of the molecule is CC(C)N=C1NC(=O)C2(CCSc3ccccc32)N1. The maximum atomic E-state index is 12.4. The minimum absolute atomic E-state index is 0.0136. The van der Waals surface area contributed by atoms with Crippen molar-refractivity contribution in [1.82, 2.24) is 10.6 Å². The quantitative estimate of drug-likeness (QED) is 0.822. The number of hydrogen-bond donors (Lipinski definition) is 2. The van der Waals surface area contributed by atoms with Gasteiger partial charge in [0.05, 0.1) is 0 Å². The standard InChI is InChI=1S/C14H17N3OS/c1-9(2)15-13-16-12(18)14(17-13)7-8-19-11-6-4-3-5-10(11)14/h3-6,9H,7-8H2,1-2H3,(H2,15,16,17,18). The van der Waals surface area contributed by atoms with Crippen LogP contribution in [0.4, 0.5) is 0 Å². The van der Waals surface area contributed by atoms with E-state index in [0.717, 1.165) is 17.7 Å². The van der Waals surface area contributed by atoms with E-state index in [2.05, 4.69) is 21.7 Å². The first kappa shape index (κ1) is 12.5. The molecule has 2 heterocycles. The molecule has 2 N–H and O–H groups in total. The van der Waals surface area contributed by atoms with Gasteiger partial charge >= 0.3 is 0 Å². The second-order valence-electron chi connectivity index (χ2n) is 5.15. The molecule has 5 heteroatoms. The maximum Gasteiger partial charge on any atom is 0.257 e. The van der Waals surface area contributed by atoms with Crippen LogP contribution in [0.5, 0.6) is 0 Å². The number of guanidine groups is 1. The van der Waals surface area contributed by atoms with Crippen molar-refractivity contribution < 1.29 is 4.79 Å². The summed E-state index contributed by atoms with van der Waals surface area (Å²) in [5, 5.41) is 6.20. The van der Waals surface area contributed by atoms with Crippen molar-refractivity contribution in [2.45, 2.75) is 36.7 Å². The highest BCUT2D eigenvalue weighted by molar-refractivity contribution is 7.99. The van der Waals surface area contributed by atoms with Crippen molar-refractivity contribution in [3.8, 4) is 0 Å². The van der Waals surface area contributed by atoms with Crippen LogP contribution in [0.15, 0.2) is 34.2 Å². The molecular formula is C14H17N3OS. The highest BCUT2D eigenvalue weighted by atomic mass is 32.2. The van der Waals surface area contributed by atoms with Gasteiger partial charge in [-0.2, -0.15) is 0 Å². The Bertz CT molecular complexity index is 555. The summed E-state index contributed by atoms with van der Waals surface area (Å²) in [4.78, 5) is 18.0. The molecule has 0 aromatic heterocycles. The molecule has 1 aromatic rings. The molecule has 1 spiro atoms. The highest BCUT2D eigenvalue weighted by Crippen LogP contribution is 2.41. The first-order valence-electron chi connectivity index (χ1n) is 6.51. The minimum Gasteiger partial charge on any atom is -0.338 e. The molecule has 4 nitrogen and oxygen atoms in total. The van der Waals surface area contributed by atoms with Gasteiger partial charge in [0.25, 0.3) is 5.91 Å². The van der Waals surface area contributed by atoms with Crippen LogP contribution < -0.4 is 10.6 Å². The van der Waals surface area contributed by atoms with Crippen molar-refractivity contribution >= 4 is 23.6 Å². The number of nitrogens with one attached hydrogen (secondary N) is 2. The van der Waals surface area contributed by atoms with Crippen molar-refractivity contribution in [3.05, 3.63) is 29.8 Å². The molecular weight excluding hydrogens is 258 g/mol. The van der Waals surface area contributed by atoms with E-state index in [1.807, 2.05) is 32.0 Å². The Kier molecular flexibility index (Phi) is 3.01. The van der Waals surface area contributed by atoms with Gasteiger partial charge in [0.1, 0.15) is 5.54 Å². The van der Waals surface area contributed by atoms with Crippen LogP contribution >= 0.6 is 11.8 Å². The lowest BCUT2D eigenvalue weighted by molar-refractivity contribution is -0.124. The molecule has 3 rings (SSSR count). The summed E-state index contributed by atoms with van der Waals surface area (Å²) < 4.78 is 0. The van der Waals surface area contributed by atoms with Crippen LogP contribution in [0.3, 0.4) is 0 Å². The molecule has 1 unspecified atom stereocenters. The molecule has 1 atom stereocenters. The van der Waals surface area contributed by atoms with E-state index in [-0.39, 0.29) is 11.9 Å². The topological polar surface area (TPSA) is 53.5 Å². The fraction of sp³-hybridized carbons (Fsp3) is 0.429. The fourth-order valence-corrected chi connectivity index (χ4v) is 3.79. The van der Waals surface area contributed by atoms with Gasteiger partial charge in [-0.15, -0.1) is 11.8 Å². The molecule has 0 bridgehead atoms. The van der Waals surface area contributed by atoms with E-state index in [1.165, 1.54) is 4.90 Å². The number of carbonyl (C=O) groups is 1. The zero-order valence-corrected chi connectivity index (χ0v) is 11.9. The second-order valence-corrected chi connectivity index (χ2v) is 6.29. The second kappa shape index (κ2) is 4.56. The van der Waals surface area contributed by atoms with Gasteiger partial charge in [0.15, 0.2) is 5.96 Å². The molecule has 0 aliphatic carbocycles. The van der Waals surface area contributed by atoms with Gasteiger partial charge in [-0.05, 0) is 26.3 Å². The number of aliphatic imine (C=N–C) groups is 1. The average Bonchev–Trinajstić information content (AvgIpc) is 2.66. The van der Waals surface area contributed by atoms with Crippen molar-refractivity contribution in [1.29, 1.82) is 0 Å². The van der Waals surface area contributed by atoms with Crippen LogP contribution in [0.1, 0.15) is 25.8 Å². The maximum absolute atomic E-state index is 12.4. The van der Waals surface area contributed by atoms with E-state index in [9.17, 15) is 4.79 Å². The Morgan fingerprint density at radius 2 is 2.16 bits per heavy atom. The van der Waals surface area contributed by atoms with E-state index < -0.39 is 5.54 Å². The first-order valence-corrected chi connectivity index (χ1v) is 7.50. The Labute approximate surface area is 117 Å². The van der Waals surface area contributed by atoms with Gasteiger partial charge in [-0.25, -0.2) is 0 Å². The van der Waals surface area contributed by atoms with Crippen LogP contribution in [0.2, 0.25) is 0 Å². The third-order valence-electron chi connectivity index (χ3n) is 3.42. The number of amides is 1. The zero-order valence-electron chi connectivity index (χ0n) is 11.1. The molecule has 1 fully saturated rings. The summed E-state index contributed by atoms with van der Waals surface area (Å²) in [5.74, 6) is 1.55. The van der Waals surface area contributed by atoms with Crippen LogP contribution in [-0.2, 0) is 10.3 Å². The Morgan fingerprint density at radius 3 is 2.95 bits per heavy atom. The van der Waals surface area contributed by atoms with Crippen molar-refractivity contribution in [3.63, 3.8) is 0 Å². The van der Waals surface area contributed by atoms with Crippen LogP contribution in [-0.4, -0.2) is 23.7 Å². The summed E-state index contributed by atoms with van der Waals surface area (Å²) in [6.45, 7) is 3.99. The molecule has 0 radical (unpaired) electrons. The Balaban J connectivity index is 2.04. The fourth-order valence-electron chi connectivity index (χ4n) is 2.59. The first-order chi connectivity index (χ1) is 9.12. The number of carbonyl (C=O) groups excluding carboxylic acids is 1. The summed E-state index contributed by atoms with van der Waals surface area (Å²) >= 11 is 1.81. The highest BCUT2D eigenvalue weighted by Gasteiger charge is 2.49. The third-order valence-corrected chi connectivity index (χ3v) is 4.50. The number of rotatable bonds is 1. The molecule has 100 valence electrons. The summed E-state index contributed by atoms with van der Waals surface area (Å²) in [6.07, 6.45) is 0.789. The Hall–Kier alpha value is -1.49. The minimum atomic E-state index is -0.629. The number of benzene rings is 1. The number of hydrogen-bond acceptors (Lipinski definition) is 3. The van der Waals surface area contributed by atoms with Crippen LogP contribution in [0, 0.1) is 0 Å². The molecule has 2 aliphatic heterocycles. The lowest BCUT2D eigenvalue weighted by Gasteiger charge is -2.32. The van der Waals surface area contributed by atoms with Crippen LogP contribution in [0.25, 0.3) is 0 Å². The summed E-state index contributed by atoms with van der Waals surface area (Å²) in [6, 6.07) is 8.27. The predicted octanol–water partition coefficient (Wildman–Crippen LogP) is 1.86. The Morgan fingerprint density at radius 1 is 1.37 bits per heavy atom. The molecule has 1 saturated heterocycles. The van der Waals surface area contributed by atoms with Crippen molar-refractivity contribution in [2.24, 2.45) is 4.99 Å². The van der Waals surface area contributed by atoms with E-state index in [1.54, 1.807) is 11.8 Å². The van der Waals surface area contributed by atoms with E-state index in [0.29, 0.717) is 5.96 Å².